The summed E-state index contributed by atoms with van der Waals surface area (Å²) in [5, 5.41) is 3.22. The van der Waals surface area contributed by atoms with E-state index in [4.69, 9.17) is 4.74 Å². The van der Waals surface area contributed by atoms with Gasteiger partial charge in [-0.15, -0.1) is 24.0 Å². The average Bonchev–Trinajstić information content (AvgIpc) is 2.45. The molecule has 1 N–H and O–H groups in total. The van der Waals surface area contributed by atoms with Crippen LogP contribution in [0.5, 0.6) is 0 Å². The van der Waals surface area contributed by atoms with Crippen molar-refractivity contribution in [2.75, 3.05) is 52.4 Å². The van der Waals surface area contributed by atoms with Crippen LogP contribution in [-0.2, 0) is 14.6 Å². The highest BCUT2D eigenvalue weighted by molar-refractivity contribution is 14.0. The second-order valence-corrected chi connectivity index (χ2v) is 7.98. The molecule has 0 aliphatic carbocycles. The second-order valence-electron chi connectivity index (χ2n) is 5.72. The highest BCUT2D eigenvalue weighted by atomic mass is 127. The van der Waals surface area contributed by atoms with Gasteiger partial charge >= 0.3 is 0 Å². The van der Waals surface area contributed by atoms with Crippen molar-refractivity contribution in [1.29, 1.82) is 0 Å². The van der Waals surface area contributed by atoms with E-state index in [-0.39, 0.29) is 29.7 Å². The van der Waals surface area contributed by atoms with Crippen LogP contribution >= 0.6 is 24.0 Å². The Bertz CT molecular complexity index is 423. The lowest BCUT2D eigenvalue weighted by atomic mass is 9.96. The van der Waals surface area contributed by atoms with E-state index in [1.54, 1.807) is 7.05 Å². The molecule has 0 spiro atoms. The predicted octanol–water partition coefficient (Wildman–Crippen LogP) is 1.36. The lowest BCUT2D eigenvalue weighted by molar-refractivity contribution is 0.0625. The lowest BCUT2D eigenvalue weighted by Gasteiger charge is -2.26. The van der Waals surface area contributed by atoms with Gasteiger partial charge < -0.3 is 15.0 Å². The summed E-state index contributed by atoms with van der Waals surface area (Å²) >= 11 is 0. The van der Waals surface area contributed by atoms with Crippen LogP contribution in [0.3, 0.4) is 0 Å². The van der Waals surface area contributed by atoms with Crippen LogP contribution in [0, 0.1) is 5.92 Å². The Labute approximate surface area is 152 Å². The summed E-state index contributed by atoms with van der Waals surface area (Å²) in [7, 11) is 0.894. The molecule has 0 bridgehead atoms. The molecule has 0 saturated carbocycles. The van der Waals surface area contributed by atoms with Crippen LogP contribution in [0.25, 0.3) is 0 Å². The van der Waals surface area contributed by atoms with Crippen molar-refractivity contribution in [2.24, 2.45) is 10.9 Å². The molecule has 0 aromatic carbocycles. The zero-order chi connectivity index (χ0) is 15.7. The number of nitrogens with zero attached hydrogens (tertiary/aromatic N) is 2. The highest BCUT2D eigenvalue weighted by Crippen LogP contribution is 2.18. The third-order valence-corrected chi connectivity index (χ3v) is 4.79. The van der Waals surface area contributed by atoms with Gasteiger partial charge in [-0.05, 0) is 31.6 Å². The fourth-order valence-corrected chi connectivity index (χ4v) is 3.11. The van der Waals surface area contributed by atoms with Crippen molar-refractivity contribution >= 4 is 39.8 Å². The van der Waals surface area contributed by atoms with Crippen LogP contribution in [0.4, 0.5) is 0 Å². The first-order valence-electron chi connectivity index (χ1n) is 7.59. The van der Waals surface area contributed by atoms with E-state index < -0.39 is 9.84 Å². The maximum atomic E-state index is 11.1. The van der Waals surface area contributed by atoms with E-state index in [0.29, 0.717) is 13.0 Å². The molecule has 0 unspecified atom stereocenters. The van der Waals surface area contributed by atoms with Gasteiger partial charge in [0.15, 0.2) is 5.96 Å². The molecular formula is C14H30IN3O3S. The quantitative estimate of drug-likeness (QED) is 0.276. The van der Waals surface area contributed by atoms with Gasteiger partial charge in [0.2, 0.25) is 0 Å². The zero-order valence-corrected chi connectivity index (χ0v) is 17.0. The summed E-state index contributed by atoms with van der Waals surface area (Å²) in [5.41, 5.74) is 0. The van der Waals surface area contributed by atoms with Crippen molar-refractivity contribution in [3.05, 3.63) is 0 Å². The van der Waals surface area contributed by atoms with Crippen LogP contribution < -0.4 is 5.32 Å². The molecular weight excluding hydrogens is 417 g/mol. The van der Waals surface area contributed by atoms with Crippen LogP contribution in [0.15, 0.2) is 4.99 Å². The number of hydrogen-bond acceptors (Lipinski definition) is 4. The predicted molar refractivity (Wildman–Crippen MR) is 102 cm³/mol. The third-order valence-electron chi connectivity index (χ3n) is 3.76. The molecule has 1 heterocycles. The zero-order valence-electron chi connectivity index (χ0n) is 13.9. The summed E-state index contributed by atoms with van der Waals surface area (Å²) in [6.07, 6.45) is 5.31. The first-order valence-corrected chi connectivity index (χ1v) is 9.65. The highest BCUT2D eigenvalue weighted by Gasteiger charge is 2.15. The van der Waals surface area contributed by atoms with Crippen LogP contribution in [0.1, 0.15) is 25.7 Å². The molecule has 0 aromatic heterocycles. The summed E-state index contributed by atoms with van der Waals surface area (Å²) in [4.78, 5) is 6.35. The van der Waals surface area contributed by atoms with Gasteiger partial charge in [-0.25, -0.2) is 8.42 Å². The van der Waals surface area contributed by atoms with E-state index in [1.807, 2.05) is 7.05 Å². The molecule has 0 amide bonds. The van der Waals surface area contributed by atoms with Gasteiger partial charge in [0.05, 0.1) is 5.75 Å². The molecule has 1 fully saturated rings. The standard InChI is InChI=1S/C14H29N3O3S.HI/c1-15-14(16-8-4-12-21(3,18)19)17(2)9-5-13-6-10-20-11-7-13;/h13H,4-12H2,1-3H3,(H,15,16);1H. The summed E-state index contributed by atoms with van der Waals surface area (Å²) in [6.45, 7) is 3.34. The summed E-state index contributed by atoms with van der Waals surface area (Å²) in [5.74, 6) is 1.78. The number of sulfone groups is 1. The summed E-state index contributed by atoms with van der Waals surface area (Å²) in [6, 6.07) is 0. The number of ether oxygens (including phenoxy) is 1. The van der Waals surface area contributed by atoms with Gasteiger partial charge in [0.1, 0.15) is 9.84 Å². The first-order chi connectivity index (χ1) is 9.92. The van der Waals surface area contributed by atoms with Gasteiger partial charge in [-0.1, -0.05) is 0 Å². The number of guanidine groups is 1. The normalized spacial score (nSPS) is 17.0. The van der Waals surface area contributed by atoms with E-state index in [0.717, 1.165) is 50.9 Å². The van der Waals surface area contributed by atoms with E-state index in [2.05, 4.69) is 15.2 Å². The van der Waals surface area contributed by atoms with Crippen LogP contribution in [-0.4, -0.2) is 71.7 Å². The van der Waals surface area contributed by atoms with Crippen molar-refractivity contribution in [3.63, 3.8) is 0 Å². The van der Waals surface area contributed by atoms with Crippen LogP contribution in [0.2, 0.25) is 0 Å². The van der Waals surface area contributed by atoms with Gasteiger partial charge in [-0.3, -0.25) is 4.99 Å². The molecule has 8 heteroatoms. The molecule has 1 aliphatic rings. The first kappa shape index (κ1) is 21.9. The summed E-state index contributed by atoms with van der Waals surface area (Å²) < 4.78 is 27.5. The maximum Gasteiger partial charge on any atom is 0.193 e. The van der Waals surface area contributed by atoms with Gasteiger partial charge in [-0.2, -0.15) is 0 Å². The Morgan fingerprint density at radius 1 is 1.36 bits per heavy atom. The molecule has 0 atom stereocenters. The van der Waals surface area contributed by atoms with E-state index in [1.165, 1.54) is 6.26 Å². The Morgan fingerprint density at radius 2 is 2.00 bits per heavy atom. The molecule has 6 nitrogen and oxygen atoms in total. The van der Waals surface area contributed by atoms with Crippen molar-refractivity contribution in [2.45, 2.75) is 25.7 Å². The molecule has 0 radical (unpaired) electrons. The Hall–Kier alpha value is -0.0900. The molecule has 0 aromatic rings. The Morgan fingerprint density at radius 3 is 2.55 bits per heavy atom. The molecule has 132 valence electrons. The average molecular weight is 447 g/mol. The molecule has 22 heavy (non-hydrogen) atoms. The third kappa shape index (κ3) is 9.83. The fraction of sp³-hybridized carbons (Fsp3) is 0.929. The SMILES string of the molecule is CN=C(NCCCS(C)(=O)=O)N(C)CCC1CCOCC1.I. The monoisotopic (exact) mass is 447 g/mol. The number of hydrogen-bond donors (Lipinski definition) is 1. The minimum absolute atomic E-state index is 0. The topological polar surface area (TPSA) is 71.0 Å². The molecule has 1 rings (SSSR count). The van der Waals surface area contributed by atoms with Crippen molar-refractivity contribution in [1.82, 2.24) is 10.2 Å². The number of aliphatic imine (C=N–C) groups is 1. The Kier molecular flexibility index (Phi) is 11.4. The second kappa shape index (κ2) is 11.4. The number of nitrogens with one attached hydrogen (secondary N) is 1. The Balaban J connectivity index is 0.00000441. The minimum Gasteiger partial charge on any atom is -0.381 e. The van der Waals surface area contributed by atoms with E-state index in [9.17, 15) is 8.42 Å². The van der Waals surface area contributed by atoms with Gasteiger partial charge in [0.25, 0.3) is 0 Å². The largest absolute Gasteiger partial charge is 0.381 e. The molecule has 1 saturated heterocycles. The van der Waals surface area contributed by atoms with E-state index >= 15 is 0 Å². The van der Waals surface area contributed by atoms with Gasteiger partial charge in [0, 0.05) is 46.7 Å². The number of halogens is 1. The minimum atomic E-state index is -2.88. The molecule has 1 aliphatic heterocycles. The van der Waals surface area contributed by atoms with Crippen molar-refractivity contribution in [3.8, 4) is 0 Å². The number of rotatable bonds is 7. The fourth-order valence-electron chi connectivity index (χ4n) is 2.44. The lowest BCUT2D eigenvalue weighted by Crippen LogP contribution is -2.40. The smallest absolute Gasteiger partial charge is 0.193 e. The van der Waals surface area contributed by atoms with Crippen molar-refractivity contribution < 1.29 is 13.2 Å². The maximum absolute atomic E-state index is 11.1.